The second-order valence-corrected chi connectivity index (χ2v) is 8.77. The molecule has 1 atom stereocenters. The highest BCUT2D eigenvalue weighted by molar-refractivity contribution is 5.92. The number of aromatic nitrogens is 1. The van der Waals surface area contributed by atoms with Crippen LogP contribution in [0, 0.1) is 5.41 Å². The first-order valence-electron chi connectivity index (χ1n) is 10.4. The molecule has 27 heavy (non-hydrogen) atoms. The summed E-state index contributed by atoms with van der Waals surface area (Å²) in [5.41, 5.74) is 2.02. The molecule has 3 aliphatic heterocycles. The third kappa shape index (κ3) is 3.64. The summed E-state index contributed by atoms with van der Waals surface area (Å²) in [5, 5.41) is 0. The topological polar surface area (TPSA) is 59.7 Å². The minimum atomic E-state index is 0.116. The van der Waals surface area contributed by atoms with Gasteiger partial charge in [-0.2, -0.15) is 0 Å². The molecule has 4 rings (SSSR count). The van der Waals surface area contributed by atoms with Crippen LogP contribution in [0.1, 0.15) is 55.2 Å². The molecule has 3 fully saturated rings. The number of nitrogens with one attached hydrogen (secondary N) is 1. The Labute approximate surface area is 161 Å². The van der Waals surface area contributed by atoms with E-state index in [-0.39, 0.29) is 11.3 Å². The molecule has 0 saturated carbocycles. The van der Waals surface area contributed by atoms with E-state index in [2.05, 4.69) is 28.8 Å². The Morgan fingerprint density at radius 3 is 2.63 bits per heavy atom. The number of rotatable bonds is 3. The summed E-state index contributed by atoms with van der Waals surface area (Å²) < 4.78 is 0. The normalized spacial score (nSPS) is 26.1. The standard InChI is InChI=1S/C21H32N4O2/c1-3-16-4-5-18(22-16)20(27)24-12-9-21(10-13-24)8-6-19(26)25(15-21)17-7-11-23(2)14-17/h4-5,17,22H,3,6-15H2,1-2H3. The number of nitrogens with zero attached hydrogens (tertiary/aromatic N) is 3. The van der Waals surface area contributed by atoms with Crippen molar-refractivity contribution in [1.29, 1.82) is 0 Å². The van der Waals surface area contributed by atoms with Crippen LogP contribution in [0.15, 0.2) is 12.1 Å². The van der Waals surface area contributed by atoms with E-state index in [9.17, 15) is 9.59 Å². The van der Waals surface area contributed by atoms with Gasteiger partial charge in [-0.25, -0.2) is 0 Å². The molecule has 3 saturated heterocycles. The minimum Gasteiger partial charge on any atom is -0.354 e. The second kappa shape index (κ2) is 7.30. The molecule has 3 aliphatic rings. The van der Waals surface area contributed by atoms with E-state index in [0.717, 1.165) is 70.5 Å². The van der Waals surface area contributed by atoms with Gasteiger partial charge in [0.25, 0.3) is 5.91 Å². The lowest BCUT2D eigenvalue weighted by atomic mass is 9.72. The molecular weight excluding hydrogens is 340 g/mol. The summed E-state index contributed by atoms with van der Waals surface area (Å²) in [4.78, 5) is 35.0. The molecule has 1 spiro atoms. The number of likely N-dealkylation sites (N-methyl/N-ethyl adjacent to an activating group) is 1. The Morgan fingerprint density at radius 2 is 2.00 bits per heavy atom. The monoisotopic (exact) mass is 372 g/mol. The Bertz CT molecular complexity index is 705. The fourth-order valence-electron chi connectivity index (χ4n) is 5.08. The Balaban J connectivity index is 1.38. The number of carbonyl (C=O) groups is 2. The van der Waals surface area contributed by atoms with E-state index in [1.54, 1.807) is 0 Å². The fraction of sp³-hybridized carbons (Fsp3) is 0.714. The van der Waals surface area contributed by atoms with Gasteiger partial charge in [-0.05, 0) is 63.2 Å². The molecule has 0 radical (unpaired) electrons. The summed E-state index contributed by atoms with van der Waals surface area (Å²) in [5.74, 6) is 0.448. The van der Waals surface area contributed by atoms with E-state index in [1.165, 1.54) is 0 Å². The Hall–Kier alpha value is -1.82. The Kier molecular flexibility index (Phi) is 5.01. The minimum absolute atomic E-state index is 0.116. The molecule has 0 aliphatic carbocycles. The average molecular weight is 373 g/mol. The summed E-state index contributed by atoms with van der Waals surface area (Å²) in [6.07, 6.45) is 5.67. The number of hydrogen-bond acceptors (Lipinski definition) is 3. The van der Waals surface area contributed by atoms with E-state index >= 15 is 0 Å². The van der Waals surface area contributed by atoms with Crippen molar-refractivity contribution in [3.8, 4) is 0 Å². The molecule has 1 N–H and O–H groups in total. The molecule has 1 aromatic rings. The van der Waals surface area contributed by atoms with Gasteiger partial charge in [0.05, 0.1) is 0 Å². The molecule has 1 aromatic heterocycles. The third-order valence-electron chi connectivity index (χ3n) is 6.97. The highest BCUT2D eigenvalue weighted by Gasteiger charge is 2.44. The maximum atomic E-state index is 12.8. The first-order valence-corrected chi connectivity index (χ1v) is 10.4. The van der Waals surface area contributed by atoms with Crippen LogP contribution in [0.5, 0.6) is 0 Å². The molecular formula is C21H32N4O2. The third-order valence-corrected chi connectivity index (χ3v) is 6.97. The van der Waals surface area contributed by atoms with Crippen LogP contribution >= 0.6 is 0 Å². The van der Waals surface area contributed by atoms with Crippen LogP contribution in [-0.4, -0.2) is 77.3 Å². The summed E-state index contributed by atoms with van der Waals surface area (Å²) in [6, 6.07) is 4.29. The second-order valence-electron chi connectivity index (χ2n) is 8.77. The largest absolute Gasteiger partial charge is 0.354 e. The number of aromatic amines is 1. The van der Waals surface area contributed by atoms with E-state index in [4.69, 9.17) is 0 Å². The molecule has 0 aromatic carbocycles. The summed E-state index contributed by atoms with van der Waals surface area (Å²) in [7, 11) is 2.14. The van der Waals surface area contributed by atoms with Crippen molar-refractivity contribution in [2.24, 2.45) is 5.41 Å². The smallest absolute Gasteiger partial charge is 0.270 e. The van der Waals surface area contributed by atoms with Crippen molar-refractivity contribution < 1.29 is 9.59 Å². The van der Waals surface area contributed by atoms with E-state index in [1.807, 2.05) is 17.0 Å². The highest BCUT2D eigenvalue weighted by Crippen LogP contribution is 2.41. The number of H-pyrrole nitrogens is 1. The van der Waals surface area contributed by atoms with Gasteiger partial charge in [0.1, 0.15) is 5.69 Å². The molecule has 6 nitrogen and oxygen atoms in total. The number of carbonyl (C=O) groups excluding carboxylic acids is 2. The lowest BCUT2D eigenvalue weighted by Crippen LogP contribution is -2.55. The molecule has 1 unspecified atom stereocenters. The quantitative estimate of drug-likeness (QED) is 0.884. The predicted molar refractivity (Wildman–Crippen MR) is 105 cm³/mol. The molecule has 0 bridgehead atoms. The van der Waals surface area contributed by atoms with Gasteiger partial charge in [-0.1, -0.05) is 6.92 Å². The number of aryl methyl sites for hydroxylation is 1. The summed E-state index contributed by atoms with van der Waals surface area (Å²) >= 11 is 0. The fourth-order valence-corrected chi connectivity index (χ4v) is 5.08. The van der Waals surface area contributed by atoms with Gasteiger partial charge in [0.2, 0.25) is 5.91 Å². The first-order chi connectivity index (χ1) is 13.0. The molecule has 148 valence electrons. The number of hydrogen-bond donors (Lipinski definition) is 1. The molecule has 6 heteroatoms. The SMILES string of the molecule is CCc1ccc(C(=O)N2CCC3(CCC(=O)N(C4CCN(C)C4)C3)CC2)[nH]1. The molecule has 4 heterocycles. The highest BCUT2D eigenvalue weighted by atomic mass is 16.2. The number of piperidine rings is 2. The maximum Gasteiger partial charge on any atom is 0.270 e. The van der Waals surface area contributed by atoms with Crippen LogP contribution in [-0.2, 0) is 11.2 Å². The van der Waals surface area contributed by atoms with Crippen molar-refractivity contribution >= 4 is 11.8 Å². The van der Waals surface area contributed by atoms with Crippen LogP contribution in [0.3, 0.4) is 0 Å². The number of likely N-dealkylation sites (tertiary alicyclic amines) is 3. The maximum absolute atomic E-state index is 12.8. The van der Waals surface area contributed by atoms with Gasteiger partial charge >= 0.3 is 0 Å². The van der Waals surface area contributed by atoms with Crippen molar-refractivity contribution in [2.75, 3.05) is 39.8 Å². The predicted octanol–water partition coefficient (Wildman–Crippen LogP) is 2.13. The Morgan fingerprint density at radius 1 is 1.22 bits per heavy atom. The van der Waals surface area contributed by atoms with E-state index in [0.29, 0.717) is 24.1 Å². The van der Waals surface area contributed by atoms with Crippen LogP contribution in [0.25, 0.3) is 0 Å². The zero-order valence-electron chi connectivity index (χ0n) is 16.7. The van der Waals surface area contributed by atoms with Gasteiger partial charge in [-0.3, -0.25) is 9.59 Å². The van der Waals surface area contributed by atoms with Crippen LogP contribution < -0.4 is 0 Å². The van der Waals surface area contributed by atoms with Crippen molar-refractivity contribution in [3.63, 3.8) is 0 Å². The number of amides is 2. The lowest BCUT2D eigenvalue weighted by Gasteiger charge is -2.48. The van der Waals surface area contributed by atoms with Crippen molar-refractivity contribution in [3.05, 3.63) is 23.5 Å². The van der Waals surface area contributed by atoms with Crippen LogP contribution in [0.4, 0.5) is 0 Å². The van der Waals surface area contributed by atoms with Gasteiger partial charge < -0.3 is 19.7 Å². The van der Waals surface area contributed by atoms with Crippen LogP contribution in [0.2, 0.25) is 0 Å². The first kappa shape index (κ1) is 18.5. The zero-order valence-corrected chi connectivity index (χ0v) is 16.7. The molecule has 2 amide bonds. The summed E-state index contributed by atoms with van der Waals surface area (Å²) in [6.45, 7) is 6.65. The van der Waals surface area contributed by atoms with Gasteiger partial charge in [0, 0.05) is 44.3 Å². The van der Waals surface area contributed by atoms with Crippen molar-refractivity contribution in [1.82, 2.24) is 19.7 Å². The zero-order chi connectivity index (χ0) is 19.0. The van der Waals surface area contributed by atoms with E-state index < -0.39 is 0 Å². The lowest BCUT2D eigenvalue weighted by molar-refractivity contribution is -0.141. The average Bonchev–Trinajstić information content (AvgIpc) is 3.33. The van der Waals surface area contributed by atoms with Gasteiger partial charge in [-0.15, -0.1) is 0 Å². The van der Waals surface area contributed by atoms with Gasteiger partial charge in [0.15, 0.2) is 0 Å². The van der Waals surface area contributed by atoms with Crippen molar-refractivity contribution in [2.45, 2.75) is 51.5 Å².